The molecule has 4 nitrogen and oxygen atoms in total. The van der Waals surface area contributed by atoms with E-state index in [0.717, 1.165) is 30.9 Å². The minimum atomic E-state index is -0.182. The molecule has 96 valence electrons. The highest BCUT2D eigenvalue weighted by atomic mass is 32.2. The molecular formula is C11H23NO3S. The highest BCUT2D eigenvalue weighted by Gasteiger charge is 2.15. The molecule has 2 N–H and O–H groups in total. The van der Waals surface area contributed by atoms with Gasteiger partial charge in [0.25, 0.3) is 0 Å². The Morgan fingerprint density at radius 3 is 2.75 bits per heavy atom. The van der Waals surface area contributed by atoms with Gasteiger partial charge in [0, 0.05) is 18.9 Å². The van der Waals surface area contributed by atoms with E-state index in [0.29, 0.717) is 6.61 Å². The molecule has 0 spiro atoms. The highest BCUT2D eigenvalue weighted by molar-refractivity contribution is 7.99. The number of hydrogen-bond acceptors (Lipinski definition) is 5. The fraction of sp³-hybridized carbons (Fsp3) is 0.909. The molecule has 5 heteroatoms. The predicted molar refractivity (Wildman–Crippen MR) is 67.7 cm³/mol. The van der Waals surface area contributed by atoms with Gasteiger partial charge in [0.05, 0.1) is 6.61 Å². The van der Waals surface area contributed by atoms with Gasteiger partial charge in [0.1, 0.15) is 6.04 Å². The maximum atomic E-state index is 11.4. The summed E-state index contributed by atoms with van der Waals surface area (Å²) in [5, 5.41) is 11.8. The third kappa shape index (κ3) is 7.96. The van der Waals surface area contributed by atoms with Crippen LogP contribution in [0.4, 0.5) is 0 Å². The van der Waals surface area contributed by atoms with Crippen molar-refractivity contribution in [2.45, 2.75) is 32.7 Å². The Balaban J connectivity index is 3.51. The van der Waals surface area contributed by atoms with Crippen LogP contribution in [0, 0.1) is 0 Å². The summed E-state index contributed by atoms with van der Waals surface area (Å²) >= 11 is 1.78. The van der Waals surface area contributed by atoms with Crippen molar-refractivity contribution in [3.05, 3.63) is 0 Å². The Hall–Kier alpha value is -0.260. The molecule has 0 aromatic heterocycles. The lowest BCUT2D eigenvalue weighted by Crippen LogP contribution is -2.38. The number of carbonyl (C=O) groups is 1. The lowest BCUT2D eigenvalue weighted by atomic mass is 10.2. The number of carbonyl (C=O) groups excluding carboxylic acids is 1. The number of aliphatic hydroxyl groups is 1. The first kappa shape index (κ1) is 15.7. The molecule has 0 saturated heterocycles. The van der Waals surface area contributed by atoms with Crippen LogP contribution < -0.4 is 5.32 Å². The van der Waals surface area contributed by atoms with E-state index in [1.165, 1.54) is 0 Å². The second-order valence-corrected chi connectivity index (χ2v) is 4.58. The number of esters is 1. The first-order valence-electron chi connectivity index (χ1n) is 5.84. The molecule has 0 bridgehead atoms. The zero-order valence-corrected chi connectivity index (χ0v) is 11.0. The summed E-state index contributed by atoms with van der Waals surface area (Å²) < 4.78 is 4.95. The van der Waals surface area contributed by atoms with Crippen molar-refractivity contribution < 1.29 is 14.6 Å². The molecule has 0 aromatic rings. The minimum Gasteiger partial charge on any atom is -0.465 e. The van der Waals surface area contributed by atoms with E-state index in [1.54, 1.807) is 11.8 Å². The molecule has 0 fully saturated rings. The monoisotopic (exact) mass is 249 g/mol. The van der Waals surface area contributed by atoms with Crippen molar-refractivity contribution in [3.8, 4) is 0 Å². The van der Waals surface area contributed by atoms with E-state index < -0.39 is 0 Å². The van der Waals surface area contributed by atoms with Gasteiger partial charge in [-0.05, 0) is 25.5 Å². The van der Waals surface area contributed by atoms with Gasteiger partial charge in [-0.25, -0.2) is 0 Å². The third-order valence-corrected chi connectivity index (χ3v) is 3.13. The zero-order valence-electron chi connectivity index (χ0n) is 10.2. The van der Waals surface area contributed by atoms with Crippen molar-refractivity contribution in [1.82, 2.24) is 5.32 Å². The van der Waals surface area contributed by atoms with E-state index in [9.17, 15) is 4.79 Å². The molecule has 0 aliphatic carbocycles. The molecule has 0 heterocycles. The Morgan fingerprint density at radius 2 is 2.19 bits per heavy atom. The van der Waals surface area contributed by atoms with Gasteiger partial charge in [-0.3, -0.25) is 4.79 Å². The molecule has 1 atom stereocenters. The molecule has 1 unspecified atom stereocenters. The Morgan fingerprint density at radius 1 is 1.44 bits per heavy atom. The van der Waals surface area contributed by atoms with Crippen molar-refractivity contribution >= 4 is 17.7 Å². The maximum absolute atomic E-state index is 11.4. The van der Waals surface area contributed by atoms with Crippen LogP contribution in [0.1, 0.15) is 26.7 Å². The average molecular weight is 249 g/mol. The van der Waals surface area contributed by atoms with Gasteiger partial charge in [0.2, 0.25) is 0 Å². The number of aliphatic hydroxyl groups excluding tert-OH is 1. The summed E-state index contributed by atoms with van der Waals surface area (Å²) in [6, 6.07) is -0.182. The number of nitrogens with one attached hydrogen (secondary N) is 1. The standard InChI is InChI=1S/C11H23NO3S/c1-3-10(11(14)15-4-2)12-6-9-16-8-5-7-13/h10,12-13H,3-9H2,1-2H3. The summed E-state index contributed by atoms with van der Waals surface area (Å²) in [6.07, 6.45) is 1.58. The summed E-state index contributed by atoms with van der Waals surface area (Å²) in [5.74, 6) is 1.76. The maximum Gasteiger partial charge on any atom is 0.323 e. The topological polar surface area (TPSA) is 58.6 Å². The average Bonchev–Trinajstić information content (AvgIpc) is 2.28. The molecule has 0 radical (unpaired) electrons. The molecular weight excluding hydrogens is 226 g/mol. The van der Waals surface area contributed by atoms with Crippen LogP contribution in [0.25, 0.3) is 0 Å². The Kier molecular flexibility index (Phi) is 11.0. The molecule has 0 saturated carbocycles. The number of thioether (sulfide) groups is 1. The van der Waals surface area contributed by atoms with Gasteiger partial charge in [-0.15, -0.1) is 0 Å². The number of ether oxygens (including phenoxy) is 1. The first-order chi connectivity index (χ1) is 7.76. The van der Waals surface area contributed by atoms with E-state index >= 15 is 0 Å². The lowest BCUT2D eigenvalue weighted by molar-refractivity contribution is -0.145. The largest absolute Gasteiger partial charge is 0.465 e. The highest BCUT2D eigenvalue weighted by Crippen LogP contribution is 2.01. The van der Waals surface area contributed by atoms with Gasteiger partial charge < -0.3 is 15.2 Å². The SMILES string of the molecule is CCOC(=O)C(CC)NCCSCCCO. The minimum absolute atomic E-state index is 0.162. The van der Waals surface area contributed by atoms with Crippen LogP contribution in [0.15, 0.2) is 0 Å². The second-order valence-electron chi connectivity index (χ2n) is 3.36. The van der Waals surface area contributed by atoms with Gasteiger partial charge in [0.15, 0.2) is 0 Å². The van der Waals surface area contributed by atoms with E-state index in [-0.39, 0.29) is 18.6 Å². The fourth-order valence-electron chi connectivity index (χ4n) is 1.21. The zero-order chi connectivity index (χ0) is 12.2. The molecule has 0 amide bonds. The molecule has 16 heavy (non-hydrogen) atoms. The molecule has 0 aliphatic rings. The van der Waals surface area contributed by atoms with Crippen LogP contribution in [0.5, 0.6) is 0 Å². The van der Waals surface area contributed by atoms with Crippen LogP contribution >= 0.6 is 11.8 Å². The first-order valence-corrected chi connectivity index (χ1v) is 7.00. The van der Waals surface area contributed by atoms with Crippen LogP contribution in [0.2, 0.25) is 0 Å². The van der Waals surface area contributed by atoms with Crippen LogP contribution in [-0.2, 0) is 9.53 Å². The van der Waals surface area contributed by atoms with Crippen molar-refractivity contribution in [3.63, 3.8) is 0 Å². The van der Waals surface area contributed by atoms with Gasteiger partial charge in [-0.1, -0.05) is 6.92 Å². The van der Waals surface area contributed by atoms with Crippen molar-refractivity contribution in [2.24, 2.45) is 0 Å². The van der Waals surface area contributed by atoms with Crippen LogP contribution in [-0.4, -0.2) is 48.4 Å². The second kappa shape index (κ2) is 11.2. The predicted octanol–water partition coefficient (Wildman–Crippen LogP) is 1.03. The smallest absolute Gasteiger partial charge is 0.323 e. The van der Waals surface area contributed by atoms with Crippen LogP contribution in [0.3, 0.4) is 0 Å². The summed E-state index contributed by atoms with van der Waals surface area (Å²) in [6.45, 7) is 5.26. The van der Waals surface area contributed by atoms with Gasteiger partial charge in [-0.2, -0.15) is 11.8 Å². The molecule has 0 rings (SSSR count). The Bertz CT molecular complexity index is 179. The summed E-state index contributed by atoms with van der Waals surface area (Å²) in [7, 11) is 0. The normalized spacial score (nSPS) is 12.4. The molecule has 0 aliphatic heterocycles. The summed E-state index contributed by atoms with van der Waals surface area (Å²) in [5.41, 5.74) is 0. The van der Waals surface area contributed by atoms with E-state index in [4.69, 9.17) is 9.84 Å². The Labute approximate surface area is 102 Å². The van der Waals surface area contributed by atoms with Gasteiger partial charge >= 0.3 is 5.97 Å². The van der Waals surface area contributed by atoms with E-state index in [1.807, 2.05) is 13.8 Å². The third-order valence-electron chi connectivity index (χ3n) is 2.06. The number of rotatable bonds is 10. The fourth-order valence-corrected chi connectivity index (χ4v) is 2.01. The summed E-state index contributed by atoms with van der Waals surface area (Å²) in [4.78, 5) is 11.4. The van der Waals surface area contributed by atoms with Crippen molar-refractivity contribution in [1.29, 1.82) is 0 Å². The van der Waals surface area contributed by atoms with E-state index in [2.05, 4.69) is 5.32 Å². The van der Waals surface area contributed by atoms with Crippen molar-refractivity contribution in [2.75, 3.05) is 31.3 Å². The quantitative estimate of drug-likeness (QED) is 0.447. The number of hydrogen-bond donors (Lipinski definition) is 2. The molecule has 0 aromatic carbocycles. The lowest BCUT2D eigenvalue weighted by Gasteiger charge is -2.14.